The Kier molecular flexibility index (Phi) is 5.33. The maximum atomic E-state index is 11.2. The maximum Gasteiger partial charge on any atom is 0.335 e. The van der Waals surface area contributed by atoms with Crippen LogP contribution in [-0.2, 0) is 17.3 Å². The van der Waals surface area contributed by atoms with Gasteiger partial charge in [0.1, 0.15) is 0 Å². The smallest absolute Gasteiger partial charge is 0.335 e. The van der Waals surface area contributed by atoms with Crippen molar-refractivity contribution in [3.8, 4) is 0 Å². The number of fused-ring (bicyclic) bond motifs is 1. The summed E-state index contributed by atoms with van der Waals surface area (Å²) in [7, 11) is 0. The largest absolute Gasteiger partial charge is 0.478 e. The number of benzene rings is 2. The van der Waals surface area contributed by atoms with E-state index in [-0.39, 0.29) is 16.4 Å². The third-order valence-corrected chi connectivity index (χ3v) is 6.13. The van der Waals surface area contributed by atoms with Crippen molar-refractivity contribution >= 4 is 11.7 Å². The van der Waals surface area contributed by atoms with Crippen molar-refractivity contribution in [3.05, 3.63) is 70.3 Å². The van der Waals surface area contributed by atoms with Crippen LogP contribution in [0.2, 0.25) is 0 Å². The zero-order chi connectivity index (χ0) is 20.5. The van der Waals surface area contributed by atoms with Gasteiger partial charge in [0.25, 0.3) is 0 Å². The summed E-state index contributed by atoms with van der Waals surface area (Å²) in [5.41, 5.74) is 5.70. The van der Waals surface area contributed by atoms with Crippen molar-refractivity contribution in [1.29, 1.82) is 0 Å². The lowest BCUT2D eigenvalue weighted by molar-refractivity contribution is 0.0696. The molecule has 0 radical (unpaired) electrons. The van der Waals surface area contributed by atoms with Gasteiger partial charge in [-0.25, -0.2) is 4.79 Å². The first kappa shape index (κ1) is 20.1. The van der Waals surface area contributed by atoms with Crippen LogP contribution in [0.1, 0.15) is 79.6 Å². The van der Waals surface area contributed by atoms with Crippen LogP contribution in [0.5, 0.6) is 0 Å². The van der Waals surface area contributed by atoms with Crippen LogP contribution in [0.4, 0.5) is 0 Å². The van der Waals surface area contributed by atoms with Gasteiger partial charge in [0.15, 0.2) is 0 Å². The average molecular weight is 380 g/mol. The Balaban J connectivity index is 1.86. The molecule has 28 heavy (non-hydrogen) atoms. The summed E-state index contributed by atoms with van der Waals surface area (Å²) >= 11 is 0. The van der Waals surface area contributed by atoms with Gasteiger partial charge in [0.2, 0.25) is 0 Å². The zero-order valence-corrected chi connectivity index (χ0v) is 17.1. The highest BCUT2D eigenvalue weighted by Crippen LogP contribution is 2.46. The van der Waals surface area contributed by atoms with Crippen molar-refractivity contribution in [2.75, 3.05) is 0 Å². The molecule has 0 aromatic heterocycles. The molecule has 2 aromatic rings. The highest BCUT2D eigenvalue weighted by Gasteiger charge is 2.37. The minimum Gasteiger partial charge on any atom is -0.478 e. The van der Waals surface area contributed by atoms with E-state index in [9.17, 15) is 10.0 Å². The van der Waals surface area contributed by atoms with E-state index in [0.29, 0.717) is 18.6 Å². The van der Waals surface area contributed by atoms with Gasteiger partial charge in [0.05, 0.1) is 11.3 Å². The van der Waals surface area contributed by atoms with Crippen molar-refractivity contribution in [2.24, 2.45) is 5.16 Å². The molecule has 1 aliphatic rings. The van der Waals surface area contributed by atoms with Crippen LogP contribution < -0.4 is 0 Å². The minimum absolute atomic E-state index is 0.0945. The second-order valence-corrected chi connectivity index (χ2v) is 9.08. The normalized spacial score (nSPS) is 17.8. The van der Waals surface area contributed by atoms with E-state index in [4.69, 9.17) is 5.11 Å². The molecule has 0 spiro atoms. The average Bonchev–Trinajstić information content (AvgIpc) is 2.66. The quantitative estimate of drug-likeness (QED) is 0.407. The summed E-state index contributed by atoms with van der Waals surface area (Å²) in [6, 6.07) is 13.3. The maximum absolute atomic E-state index is 11.2. The summed E-state index contributed by atoms with van der Waals surface area (Å²) in [6.45, 7) is 9.13. The summed E-state index contributed by atoms with van der Waals surface area (Å²) in [5.74, 6) is -0.933. The molecule has 2 N–H and O–H groups in total. The van der Waals surface area contributed by atoms with Crippen molar-refractivity contribution < 1.29 is 15.1 Å². The molecule has 0 bridgehead atoms. The Morgan fingerprint density at radius 3 is 2.29 bits per heavy atom. The zero-order valence-electron chi connectivity index (χ0n) is 17.1. The SMILES string of the molecule is CC1(C)CCC(C)(C)c2cc(/C(CCc3cccc(C(=O)O)c3)=N/O)ccc21. The molecule has 3 rings (SSSR count). The minimum atomic E-state index is -0.933. The molecule has 0 heterocycles. The summed E-state index contributed by atoms with van der Waals surface area (Å²) in [4.78, 5) is 11.2. The van der Waals surface area contributed by atoms with E-state index in [1.54, 1.807) is 18.2 Å². The summed E-state index contributed by atoms with van der Waals surface area (Å²) in [5, 5.41) is 22.3. The summed E-state index contributed by atoms with van der Waals surface area (Å²) in [6.07, 6.45) is 3.45. The number of hydrogen-bond donors (Lipinski definition) is 2. The first-order valence-corrected chi connectivity index (χ1v) is 9.82. The molecular formula is C24H29NO3. The fourth-order valence-electron chi connectivity index (χ4n) is 4.14. The van der Waals surface area contributed by atoms with Gasteiger partial charge in [-0.2, -0.15) is 0 Å². The number of oxime groups is 1. The molecule has 0 unspecified atom stereocenters. The molecule has 148 valence electrons. The Bertz CT molecular complexity index is 925. The van der Waals surface area contributed by atoms with E-state index >= 15 is 0 Å². The number of carboxylic acid groups (broad SMARTS) is 1. The number of nitrogens with zero attached hydrogens (tertiary/aromatic N) is 1. The number of aryl methyl sites for hydroxylation is 1. The number of aromatic carboxylic acids is 1. The molecule has 0 atom stereocenters. The molecule has 4 heteroatoms. The van der Waals surface area contributed by atoms with Gasteiger partial charge in [-0.3, -0.25) is 0 Å². The van der Waals surface area contributed by atoms with E-state index in [1.807, 2.05) is 12.1 Å². The number of rotatable bonds is 5. The van der Waals surface area contributed by atoms with E-state index < -0.39 is 5.97 Å². The Hall–Kier alpha value is -2.62. The van der Waals surface area contributed by atoms with Gasteiger partial charge in [0, 0.05) is 0 Å². The van der Waals surface area contributed by atoms with Crippen molar-refractivity contribution in [3.63, 3.8) is 0 Å². The fraction of sp³-hybridized carbons (Fsp3) is 0.417. The third kappa shape index (κ3) is 3.96. The van der Waals surface area contributed by atoms with Crippen molar-refractivity contribution in [1.82, 2.24) is 0 Å². The molecular weight excluding hydrogens is 350 g/mol. The lowest BCUT2D eigenvalue weighted by Gasteiger charge is -2.42. The lowest BCUT2D eigenvalue weighted by atomic mass is 9.63. The van der Waals surface area contributed by atoms with Gasteiger partial charge in [-0.1, -0.05) is 57.1 Å². The number of carbonyl (C=O) groups is 1. The topological polar surface area (TPSA) is 69.9 Å². The van der Waals surface area contributed by atoms with Crippen molar-refractivity contribution in [2.45, 2.75) is 64.2 Å². The molecule has 1 aliphatic carbocycles. The molecule has 0 amide bonds. The second kappa shape index (κ2) is 7.42. The van der Waals surface area contributed by atoms with Crippen LogP contribution in [0, 0.1) is 0 Å². The predicted molar refractivity (Wildman–Crippen MR) is 112 cm³/mol. The third-order valence-electron chi connectivity index (χ3n) is 6.13. The van der Waals surface area contributed by atoms with Gasteiger partial charge in [-0.05, 0) is 77.0 Å². The Labute approximate surface area is 166 Å². The predicted octanol–water partition coefficient (Wildman–Crippen LogP) is 5.54. The molecule has 2 aromatic carbocycles. The van der Waals surface area contributed by atoms with Crippen LogP contribution >= 0.6 is 0 Å². The monoisotopic (exact) mass is 379 g/mol. The number of carboxylic acids is 1. The molecule has 0 saturated carbocycles. The van der Waals surface area contributed by atoms with E-state index in [2.05, 4.69) is 45.0 Å². The van der Waals surface area contributed by atoms with E-state index in [1.165, 1.54) is 11.1 Å². The second-order valence-electron chi connectivity index (χ2n) is 9.08. The Morgan fingerprint density at radius 2 is 1.64 bits per heavy atom. The van der Waals surface area contributed by atoms with Gasteiger partial charge >= 0.3 is 5.97 Å². The standard InChI is InChI=1S/C24H29NO3/c1-23(2)12-13-24(3,4)20-15-17(9-10-19(20)23)21(25-28)11-8-16-6-5-7-18(14-16)22(26)27/h5-7,9-10,14-15,28H,8,11-13H2,1-4H3,(H,26,27)/b25-21+. The highest BCUT2D eigenvalue weighted by molar-refractivity contribution is 6.00. The van der Waals surface area contributed by atoms with E-state index in [0.717, 1.165) is 24.0 Å². The van der Waals surface area contributed by atoms with Crippen LogP contribution in [-0.4, -0.2) is 22.0 Å². The van der Waals surface area contributed by atoms with Crippen LogP contribution in [0.15, 0.2) is 47.6 Å². The molecule has 0 fully saturated rings. The van der Waals surface area contributed by atoms with Crippen LogP contribution in [0.3, 0.4) is 0 Å². The van der Waals surface area contributed by atoms with Gasteiger partial charge < -0.3 is 10.3 Å². The first-order valence-electron chi connectivity index (χ1n) is 9.82. The lowest BCUT2D eigenvalue weighted by Crippen LogP contribution is -2.34. The fourth-order valence-corrected chi connectivity index (χ4v) is 4.14. The van der Waals surface area contributed by atoms with Gasteiger partial charge in [-0.15, -0.1) is 0 Å². The molecule has 0 saturated heterocycles. The molecule has 4 nitrogen and oxygen atoms in total. The highest BCUT2D eigenvalue weighted by atomic mass is 16.4. The Morgan fingerprint density at radius 1 is 0.964 bits per heavy atom. The number of hydrogen-bond acceptors (Lipinski definition) is 3. The molecule has 0 aliphatic heterocycles. The summed E-state index contributed by atoms with van der Waals surface area (Å²) < 4.78 is 0. The first-order chi connectivity index (χ1) is 13.1. The van der Waals surface area contributed by atoms with Crippen LogP contribution in [0.25, 0.3) is 0 Å².